The molecule has 5 saturated heterocycles. The zero-order valence-electron chi connectivity index (χ0n) is 32.5. The zero-order valence-corrected chi connectivity index (χ0v) is 39.6. The number of hydrogen-bond donors (Lipinski definition) is 8. The van der Waals surface area contributed by atoms with Crippen LogP contribution < -0.4 is 42.5 Å². The summed E-state index contributed by atoms with van der Waals surface area (Å²) in [6.07, 6.45) is 6.60. The van der Waals surface area contributed by atoms with Gasteiger partial charge in [0.15, 0.2) is 0 Å². The molecule has 0 radical (unpaired) electrons. The van der Waals surface area contributed by atoms with Crippen molar-refractivity contribution in [1.29, 1.82) is 0 Å². The van der Waals surface area contributed by atoms with E-state index >= 15 is 0 Å². The Bertz CT molecular complexity index is 1870. The fourth-order valence-electron chi connectivity index (χ4n) is 13.4. The Morgan fingerprint density at radius 3 is 0.667 bits per heavy atom. The average molecular weight is 994 g/mol. The molecule has 9 aliphatic rings. The third-order valence-electron chi connectivity index (χ3n) is 15.3. The van der Waals surface area contributed by atoms with Gasteiger partial charge in [0.1, 0.15) is 20.2 Å². The molecule has 20 unspecified atom stereocenters. The van der Waals surface area contributed by atoms with E-state index in [0.29, 0.717) is 11.8 Å². The molecule has 4 aliphatic carbocycles. The van der Waals surface area contributed by atoms with Gasteiger partial charge in [-0.1, -0.05) is 38.5 Å². The Hall–Kier alpha value is 0.965. The van der Waals surface area contributed by atoms with Gasteiger partial charge in [-0.3, -0.25) is 42.5 Å². The second kappa shape index (κ2) is 18.9. The van der Waals surface area contributed by atoms with Crippen LogP contribution in [0.2, 0.25) is 0 Å². The third kappa shape index (κ3) is 9.30. The minimum absolute atomic E-state index is 0.0364. The molecular weight excluding hydrogens is 942 g/mol. The van der Waals surface area contributed by atoms with E-state index in [4.69, 9.17) is 0 Å². The molecule has 60 heavy (non-hydrogen) atoms. The van der Waals surface area contributed by atoms with E-state index in [-0.39, 0.29) is 48.3 Å². The van der Waals surface area contributed by atoms with Gasteiger partial charge >= 0.3 is 50.8 Å². The first-order valence-electron chi connectivity index (χ1n) is 20.6. The van der Waals surface area contributed by atoms with Crippen LogP contribution in [0.1, 0.15) is 77.0 Å². The van der Waals surface area contributed by atoms with Crippen LogP contribution in [-0.4, -0.2) is 153 Å². The van der Waals surface area contributed by atoms with Crippen molar-refractivity contribution < 1.29 is 51.9 Å². The van der Waals surface area contributed by atoms with E-state index in [1.807, 2.05) is 30.7 Å². The Kier molecular flexibility index (Phi) is 15.4. The predicted octanol–water partition coefficient (Wildman–Crippen LogP) is -2.68. The van der Waals surface area contributed by atoms with Crippen molar-refractivity contribution in [2.24, 2.45) is 47.3 Å². The summed E-state index contributed by atoms with van der Waals surface area (Å²) in [5.41, 5.74) is 0. The Morgan fingerprint density at radius 2 is 0.483 bits per heavy atom. The molecule has 9 rings (SSSR count). The normalized spacial score (nSPS) is 47.9. The Labute approximate surface area is 377 Å². The van der Waals surface area contributed by atoms with E-state index in [1.54, 1.807) is 0 Å². The third-order valence-corrected chi connectivity index (χ3v) is 20.9. The summed E-state index contributed by atoms with van der Waals surface area (Å²) < 4.78 is 157. The molecule has 28 heteroatoms. The second-order valence-corrected chi connectivity index (χ2v) is 24.1. The molecule has 0 spiro atoms. The average Bonchev–Trinajstić information content (AvgIpc) is 3.93. The second-order valence-electron chi connectivity index (χ2n) is 18.0. The van der Waals surface area contributed by atoms with Crippen LogP contribution in [-0.2, 0) is 40.5 Å². The van der Waals surface area contributed by atoms with Gasteiger partial charge in [-0.25, -0.2) is 33.7 Å². The first kappa shape index (κ1) is 48.9. The summed E-state index contributed by atoms with van der Waals surface area (Å²) in [6, 6.07) is 0. The molecule has 9 fully saturated rings. The van der Waals surface area contributed by atoms with Crippen molar-refractivity contribution in [2.75, 3.05) is 0 Å². The zero-order chi connectivity index (χ0) is 43.7. The first-order chi connectivity index (χ1) is 28.3. The van der Waals surface area contributed by atoms with Crippen molar-refractivity contribution in [1.82, 2.24) is 42.5 Å². The monoisotopic (exact) mass is 992 g/mol. The Balaban J connectivity index is 0.00000132. The van der Waals surface area contributed by atoms with Gasteiger partial charge in [-0.05, 0) is 74.0 Å². The Morgan fingerprint density at radius 1 is 0.317 bits per heavy atom. The van der Waals surface area contributed by atoms with Crippen LogP contribution in [0, 0.1) is 47.3 Å². The molecule has 336 valence electrons. The van der Waals surface area contributed by atoms with Gasteiger partial charge in [0.05, 0.1) is 90.6 Å². The predicted molar refractivity (Wildman–Crippen MR) is 216 cm³/mol. The van der Waals surface area contributed by atoms with Crippen LogP contribution in [0.5, 0.6) is 0 Å². The fraction of sp³-hybridized carbons (Fsp3) is 1.00. The SMILES string of the molecule is O=S(=O)([O-])C1C2C3NC4NC(NC5NC(NC6NC(NC(N3)C2C(S(=O)(=O)[O-])C(S(=O)(=O)[O-])C1S(=O)(=O)[O-])C1CCCCC61)C1CCCCC51)C1CCCCC41.[Al+2][Cl].[Al+2][Cl]. The molecule has 8 bridgehead atoms. The van der Waals surface area contributed by atoms with Crippen molar-refractivity contribution in [3.63, 3.8) is 0 Å². The van der Waals surface area contributed by atoms with Crippen molar-refractivity contribution in [3.05, 3.63) is 0 Å². The molecule has 5 aliphatic heterocycles. The molecule has 20 atom stereocenters. The van der Waals surface area contributed by atoms with E-state index in [9.17, 15) is 51.9 Å². The fourth-order valence-corrected chi connectivity index (χ4v) is 20.5. The molecule has 0 aromatic rings. The van der Waals surface area contributed by atoms with Gasteiger partial charge in [0, 0.05) is 11.8 Å². The molecule has 0 amide bonds. The van der Waals surface area contributed by atoms with E-state index in [2.05, 4.69) is 62.6 Å². The summed E-state index contributed by atoms with van der Waals surface area (Å²) in [6.45, 7) is 0. The van der Waals surface area contributed by atoms with Crippen LogP contribution in [0.15, 0.2) is 0 Å². The van der Waals surface area contributed by atoms with Gasteiger partial charge < -0.3 is 18.2 Å². The molecule has 4 saturated carbocycles. The summed E-state index contributed by atoms with van der Waals surface area (Å²) in [5, 5.41) is 16.2. The van der Waals surface area contributed by atoms with Gasteiger partial charge in [0.25, 0.3) is 0 Å². The van der Waals surface area contributed by atoms with Crippen LogP contribution in [0.3, 0.4) is 0 Å². The van der Waals surface area contributed by atoms with Gasteiger partial charge in [-0.2, -0.15) is 0 Å². The molecule has 0 aromatic heterocycles. The number of rotatable bonds is 4. The quantitative estimate of drug-likeness (QED) is 0.105. The maximum absolute atomic E-state index is 13.3. The van der Waals surface area contributed by atoms with Gasteiger partial charge in [-0.15, -0.1) is 0 Å². The molecule has 5 heterocycles. The van der Waals surface area contributed by atoms with E-state index in [0.717, 1.165) is 77.0 Å². The van der Waals surface area contributed by atoms with Crippen LogP contribution in [0.4, 0.5) is 0 Å². The van der Waals surface area contributed by atoms with Crippen LogP contribution >= 0.6 is 20.1 Å². The van der Waals surface area contributed by atoms with Crippen molar-refractivity contribution in [3.8, 4) is 0 Å². The summed E-state index contributed by atoms with van der Waals surface area (Å²) in [7, 11) is -15.3. The first-order valence-corrected chi connectivity index (χ1v) is 30.0. The topological polar surface area (TPSA) is 325 Å². The molecule has 20 nitrogen and oxygen atoms in total. The van der Waals surface area contributed by atoms with Crippen molar-refractivity contribution in [2.45, 2.75) is 147 Å². The molecule has 0 aromatic carbocycles. The van der Waals surface area contributed by atoms with Crippen LogP contribution in [0.25, 0.3) is 0 Å². The summed E-state index contributed by atoms with van der Waals surface area (Å²) >= 11 is 3.78. The van der Waals surface area contributed by atoms with E-state index < -0.39 is 98.0 Å². The summed E-state index contributed by atoms with van der Waals surface area (Å²) in [4.78, 5) is 0. The molecule has 8 N–H and O–H groups in total. The number of nitrogens with one attached hydrogen (secondary N) is 8. The summed E-state index contributed by atoms with van der Waals surface area (Å²) in [5.74, 6) is -3.14. The number of halogens is 2. The van der Waals surface area contributed by atoms with E-state index in [1.165, 1.54) is 0 Å². The number of fused-ring (bicyclic) bond motifs is 20. The maximum atomic E-state index is 13.3. The van der Waals surface area contributed by atoms with Crippen molar-refractivity contribution >= 4 is 91.3 Å². The number of hydrogen-bond acceptors (Lipinski definition) is 20. The minimum atomic E-state index is -6.22. The van der Waals surface area contributed by atoms with Gasteiger partial charge in [0.2, 0.25) is 0 Å². The standard InChI is InChI=1S/C32H56N8O12S4.2Al.2ClH/c41-53(42,43)21-19-20(22(54(44,45)46)24(56(50,51)52)23(21)55(47,48)49)32-39-30-18-12-6-4-10-16(18)28(37-30)35-26-14-8-2-1-7-13(14)25(33-26)34-27-15-9-3-5-11-17(15)29(36-27)38-31(19)40-32;;;;/h13-40H,1-12H2,(H,41,42,43)(H,44,45,46)(H,47,48,49)(H,50,51,52);;;2*1H/q;2*+3;;/p-6. The molecular formula is C32H52Al2Cl2N8O12S4.